The maximum Gasteiger partial charge on any atom is 0.317 e. The monoisotopic (exact) mass is 785 g/mol. The molecule has 12 heteroatoms. The van der Waals surface area contributed by atoms with Gasteiger partial charge in [-0.25, -0.2) is 9.78 Å². The molecule has 4 heterocycles. The molecule has 2 saturated heterocycles. The van der Waals surface area contributed by atoms with Crippen molar-refractivity contribution >= 4 is 17.8 Å². The molecule has 0 saturated carbocycles. The van der Waals surface area contributed by atoms with Crippen molar-refractivity contribution in [1.82, 2.24) is 40.2 Å². The standard InChI is InChI=1S/C47H47N9O3/c1-54(2)47(59)51-43(36-13-7-4-8-14-36)46(58)56-28-10-16-41(56)44-49-30-39(50-44)34-25-21-32(22-26-34)18-17-31-19-23-33(24-20-31)37-29-38(53-52-37)40-15-9-27-55(40)45(57)42(48)35-11-5-3-6-12-35/h3-8,11-14,19-26,29-30,40-43H,9-10,15-16,27-28,48H2,1-2H3,(H,49,50)(H,51,59)(H,52,53)/t40-,41-,42+,43+/m0/s1. The third kappa shape index (κ3) is 8.51. The van der Waals surface area contributed by atoms with Gasteiger partial charge in [0.15, 0.2) is 0 Å². The smallest absolute Gasteiger partial charge is 0.317 e. The number of amides is 4. The number of benzene rings is 4. The van der Waals surface area contributed by atoms with E-state index in [1.54, 1.807) is 20.3 Å². The summed E-state index contributed by atoms with van der Waals surface area (Å²) in [5, 5.41) is 10.7. The molecule has 0 spiro atoms. The topological polar surface area (TPSA) is 156 Å². The number of aromatic amines is 2. The third-order valence-electron chi connectivity index (χ3n) is 11.1. The fraction of sp³-hybridized carbons (Fsp3) is 0.255. The molecule has 298 valence electrons. The van der Waals surface area contributed by atoms with Crippen molar-refractivity contribution in [2.24, 2.45) is 5.73 Å². The summed E-state index contributed by atoms with van der Waals surface area (Å²) in [4.78, 5) is 53.3. The predicted molar refractivity (Wildman–Crippen MR) is 226 cm³/mol. The number of likely N-dealkylation sites (tertiary alicyclic amines) is 2. The minimum absolute atomic E-state index is 0.0774. The van der Waals surface area contributed by atoms with Crippen molar-refractivity contribution in [3.8, 4) is 34.4 Å². The van der Waals surface area contributed by atoms with Crippen molar-refractivity contribution in [3.63, 3.8) is 0 Å². The highest BCUT2D eigenvalue weighted by Crippen LogP contribution is 2.36. The Kier molecular flexibility index (Phi) is 11.4. The highest BCUT2D eigenvalue weighted by Gasteiger charge is 2.37. The molecule has 2 aliphatic heterocycles. The second kappa shape index (κ2) is 17.3. The number of aromatic nitrogens is 4. The van der Waals surface area contributed by atoms with E-state index in [0.29, 0.717) is 18.9 Å². The number of nitrogens with zero attached hydrogens (tertiary/aromatic N) is 5. The number of rotatable bonds is 9. The van der Waals surface area contributed by atoms with E-state index in [1.807, 2.05) is 125 Å². The van der Waals surface area contributed by atoms with Gasteiger partial charge < -0.3 is 30.7 Å². The van der Waals surface area contributed by atoms with Crippen LogP contribution in [0, 0.1) is 11.8 Å². The van der Waals surface area contributed by atoms with E-state index in [2.05, 4.69) is 32.3 Å². The lowest BCUT2D eigenvalue weighted by Gasteiger charge is -2.29. The minimum atomic E-state index is -0.810. The third-order valence-corrected chi connectivity index (χ3v) is 11.1. The first-order valence-corrected chi connectivity index (χ1v) is 20.0. The molecule has 4 amide bonds. The highest BCUT2D eigenvalue weighted by molar-refractivity contribution is 5.88. The second-order valence-corrected chi connectivity index (χ2v) is 15.3. The number of H-pyrrole nitrogens is 2. The van der Waals surface area contributed by atoms with Gasteiger partial charge in [0.2, 0.25) is 11.8 Å². The SMILES string of the molecule is CN(C)C(=O)N[C@@H](C(=O)N1CCC[C@H]1c1ncc(-c2ccc(C#Cc3ccc(-c4cc([C@@H]5CCCN5C(=O)[C@H](N)c5ccccc5)[nH]n4)cc3)cc2)[nH]1)c1ccccc1. The van der Waals surface area contributed by atoms with Gasteiger partial charge in [-0.2, -0.15) is 5.10 Å². The van der Waals surface area contributed by atoms with Crippen molar-refractivity contribution in [1.29, 1.82) is 0 Å². The molecule has 5 N–H and O–H groups in total. The number of urea groups is 1. The first-order valence-electron chi connectivity index (χ1n) is 20.0. The molecule has 59 heavy (non-hydrogen) atoms. The number of hydrogen-bond acceptors (Lipinski definition) is 6. The number of imidazole rings is 1. The lowest BCUT2D eigenvalue weighted by molar-refractivity contribution is -0.135. The van der Waals surface area contributed by atoms with Gasteiger partial charge in [0.25, 0.3) is 0 Å². The molecule has 12 nitrogen and oxygen atoms in total. The van der Waals surface area contributed by atoms with E-state index in [9.17, 15) is 14.4 Å². The van der Waals surface area contributed by atoms with Gasteiger partial charge in [-0.3, -0.25) is 14.7 Å². The molecule has 2 aromatic heterocycles. The quantitative estimate of drug-likeness (QED) is 0.117. The summed E-state index contributed by atoms with van der Waals surface area (Å²) in [7, 11) is 3.31. The van der Waals surface area contributed by atoms with Crippen LogP contribution in [0.3, 0.4) is 0 Å². The van der Waals surface area contributed by atoms with Gasteiger partial charge in [-0.15, -0.1) is 0 Å². The Morgan fingerprint density at radius 3 is 1.97 bits per heavy atom. The van der Waals surface area contributed by atoms with Crippen LogP contribution in [0.4, 0.5) is 4.79 Å². The van der Waals surface area contributed by atoms with Crippen molar-refractivity contribution in [2.45, 2.75) is 49.9 Å². The van der Waals surface area contributed by atoms with E-state index in [-0.39, 0.29) is 29.9 Å². The fourth-order valence-electron chi connectivity index (χ4n) is 7.91. The predicted octanol–water partition coefficient (Wildman–Crippen LogP) is 6.91. The first-order chi connectivity index (χ1) is 28.7. The zero-order chi connectivity index (χ0) is 40.9. The molecule has 4 atom stereocenters. The van der Waals surface area contributed by atoms with Gasteiger partial charge in [0.05, 0.1) is 35.4 Å². The van der Waals surface area contributed by atoms with E-state index < -0.39 is 12.1 Å². The van der Waals surface area contributed by atoms with Gasteiger partial charge in [-0.1, -0.05) is 96.8 Å². The number of hydrogen-bond donors (Lipinski definition) is 4. The summed E-state index contributed by atoms with van der Waals surface area (Å²) in [6.07, 6.45) is 5.17. The number of carbonyl (C=O) groups excluding carboxylic acids is 3. The molecular weight excluding hydrogens is 739 g/mol. The Hall–Kier alpha value is -6.97. The Bertz CT molecular complexity index is 2470. The van der Waals surface area contributed by atoms with E-state index in [0.717, 1.165) is 76.1 Å². The molecule has 0 bridgehead atoms. The summed E-state index contributed by atoms with van der Waals surface area (Å²) in [6.45, 7) is 1.24. The molecule has 2 fully saturated rings. The minimum Gasteiger partial charge on any atom is -0.340 e. The highest BCUT2D eigenvalue weighted by atomic mass is 16.2. The van der Waals surface area contributed by atoms with Crippen LogP contribution >= 0.6 is 0 Å². The van der Waals surface area contributed by atoms with Crippen molar-refractivity contribution in [2.75, 3.05) is 27.2 Å². The fourth-order valence-corrected chi connectivity index (χ4v) is 7.91. The lowest BCUT2D eigenvalue weighted by atomic mass is 10.0. The normalized spacial score (nSPS) is 17.2. The molecule has 0 radical (unpaired) electrons. The number of carbonyl (C=O) groups is 3. The zero-order valence-electron chi connectivity index (χ0n) is 33.1. The summed E-state index contributed by atoms with van der Waals surface area (Å²) >= 11 is 0. The summed E-state index contributed by atoms with van der Waals surface area (Å²) in [5.74, 6) is 7.01. The molecule has 0 aliphatic carbocycles. The second-order valence-electron chi connectivity index (χ2n) is 15.3. The van der Waals surface area contributed by atoms with Crippen molar-refractivity contribution in [3.05, 3.63) is 155 Å². The average Bonchev–Trinajstić information content (AvgIpc) is 4.12. The summed E-state index contributed by atoms with van der Waals surface area (Å²) in [6, 6.07) is 34.6. The van der Waals surface area contributed by atoms with Crippen LogP contribution in [0.5, 0.6) is 0 Å². The van der Waals surface area contributed by atoms with Crippen LogP contribution in [0.1, 0.15) is 83.6 Å². The van der Waals surface area contributed by atoms with Crippen LogP contribution in [0.25, 0.3) is 22.5 Å². The Balaban J connectivity index is 0.898. The van der Waals surface area contributed by atoms with Crippen LogP contribution in [0.15, 0.2) is 121 Å². The molecule has 8 rings (SSSR count). The van der Waals surface area contributed by atoms with Crippen molar-refractivity contribution < 1.29 is 14.4 Å². The molecule has 6 aromatic rings. The zero-order valence-corrected chi connectivity index (χ0v) is 33.1. The molecular formula is C47H47N9O3. The maximum atomic E-state index is 14.0. The largest absolute Gasteiger partial charge is 0.340 e. The number of nitrogens with one attached hydrogen (secondary N) is 3. The average molecular weight is 786 g/mol. The lowest BCUT2D eigenvalue weighted by Crippen LogP contribution is -2.45. The van der Waals surface area contributed by atoms with Gasteiger partial charge in [-0.05, 0) is 72.7 Å². The van der Waals surface area contributed by atoms with Crippen LogP contribution in [0.2, 0.25) is 0 Å². The molecule has 2 aliphatic rings. The van der Waals surface area contributed by atoms with E-state index in [4.69, 9.17) is 10.7 Å². The van der Waals surface area contributed by atoms with Gasteiger partial charge in [0.1, 0.15) is 17.9 Å². The maximum absolute atomic E-state index is 14.0. The van der Waals surface area contributed by atoms with Crippen LogP contribution in [-0.2, 0) is 9.59 Å². The number of nitrogens with two attached hydrogens (primary N) is 1. The van der Waals surface area contributed by atoms with Gasteiger partial charge in [0, 0.05) is 43.9 Å². The van der Waals surface area contributed by atoms with Crippen LogP contribution in [-0.4, -0.2) is 79.9 Å². The molecule has 4 aromatic carbocycles. The molecule has 0 unspecified atom stereocenters. The van der Waals surface area contributed by atoms with Gasteiger partial charge >= 0.3 is 6.03 Å². The van der Waals surface area contributed by atoms with Crippen LogP contribution < -0.4 is 11.1 Å². The van der Waals surface area contributed by atoms with E-state index in [1.165, 1.54) is 4.90 Å². The Morgan fingerprint density at radius 2 is 1.34 bits per heavy atom. The summed E-state index contributed by atoms with van der Waals surface area (Å²) < 4.78 is 0. The first kappa shape index (κ1) is 38.9. The van der Waals surface area contributed by atoms with E-state index >= 15 is 0 Å². The summed E-state index contributed by atoms with van der Waals surface area (Å²) in [5.41, 5.74) is 14.1. The Labute approximate surface area is 343 Å². The Morgan fingerprint density at radius 1 is 0.763 bits per heavy atom.